The van der Waals surface area contributed by atoms with Crippen molar-refractivity contribution in [1.29, 1.82) is 0 Å². The van der Waals surface area contributed by atoms with E-state index in [1.165, 1.54) is 17.6 Å². The molecule has 0 saturated heterocycles. The van der Waals surface area contributed by atoms with Gasteiger partial charge in [-0.1, -0.05) is 26.0 Å². The summed E-state index contributed by atoms with van der Waals surface area (Å²) in [6, 6.07) is 8.56. The molecule has 6 nitrogen and oxygen atoms in total. The molecule has 0 radical (unpaired) electrons. The number of hydrogen-bond donors (Lipinski definition) is 3. The number of carbonyl (C=O) groups is 1. The number of benzene rings is 2. The van der Waals surface area contributed by atoms with Crippen LogP contribution in [0.3, 0.4) is 0 Å². The summed E-state index contributed by atoms with van der Waals surface area (Å²) in [6.07, 6.45) is -4.56. The van der Waals surface area contributed by atoms with E-state index in [0.717, 1.165) is 23.3 Å². The maximum atomic E-state index is 13.3. The number of amides is 1. The second kappa shape index (κ2) is 9.86. The highest BCUT2D eigenvalue weighted by molar-refractivity contribution is 6.13. The number of aromatic hydroxyl groups is 1. The summed E-state index contributed by atoms with van der Waals surface area (Å²) in [7, 11) is 0. The highest BCUT2D eigenvalue weighted by Gasteiger charge is 2.32. The zero-order valence-corrected chi connectivity index (χ0v) is 18.5. The Bertz CT molecular complexity index is 1140. The number of aromatic nitrogens is 1. The van der Waals surface area contributed by atoms with Gasteiger partial charge in [-0.05, 0) is 56.2 Å². The maximum absolute atomic E-state index is 13.3. The van der Waals surface area contributed by atoms with E-state index in [0.29, 0.717) is 11.1 Å². The molecular formula is C23H26F3N3O3. The van der Waals surface area contributed by atoms with Gasteiger partial charge in [0.2, 0.25) is 5.88 Å². The molecule has 0 aliphatic carbocycles. The van der Waals surface area contributed by atoms with Crippen LogP contribution in [0.4, 0.5) is 13.2 Å². The summed E-state index contributed by atoms with van der Waals surface area (Å²) in [4.78, 5) is 11.3. The molecule has 0 aliphatic rings. The molecule has 172 valence electrons. The minimum atomic E-state index is -4.56. The molecule has 0 aliphatic heterocycles. The van der Waals surface area contributed by atoms with Crippen molar-refractivity contribution in [3.63, 3.8) is 0 Å². The fraction of sp³-hybridized carbons (Fsp3) is 0.304. The van der Waals surface area contributed by atoms with Gasteiger partial charge in [-0.25, -0.2) is 5.43 Å². The molecule has 1 amide bonds. The molecule has 1 aromatic heterocycles. The maximum Gasteiger partial charge on any atom is 0.416 e. The Balaban J connectivity index is 0.00000176. The molecule has 0 saturated carbocycles. The van der Waals surface area contributed by atoms with Crippen molar-refractivity contribution in [1.82, 2.24) is 9.99 Å². The number of aliphatic hydroxyl groups is 1. The standard InChI is InChI=1S/C21H20F3N3O3.C2H6/c1-11-6-12(2)8-15(7-11)27-17-9-14(21(22,23)24)4-5-16(17)19(20(27)30)13(3)25-26-18(29)10-28;1-2/h4-9,28,30H,10H2,1-3H3,(H,26,29);1-2H3/b25-13+;. The average Bonchev–Trinajstić information content (AvgIpc) is 3.02. The Kier molecular flexibility index (Phi) is 7.69. The number of fused-ring (bicyclic) bond motifs is 1. The van der Waals surface area contributed by atoms with Crippen molar-refractivity contribution in [2.45, 2.75) is 40.8 Å². The molecule has 0 spiro atoms. The Morgan fingerprint density at radius 3 is 2.22 bits per heavy atom. The molecule has 0 unspecified atom stereocenters. The van der Waals surface area contributed by atoms with E-state index in [2.05, 4.69) is 10.5 Å². The fourth-order valence-corrected chi connectivity index (χ4v) is 3.39. The molecule has 0 bridgehead atoms. The van der Waals surface area contributed by atoms with Crippen molar-refractivity contribution in [2.24, 2.45) is 5.10 Å². The highest BCUT2D eigenvalue weighted by atomic mass is 19.4. The number of rotatable bonds is 4. The lowest BCUT2D eigenvalue weighted by Crippen LogP contribution is -2.22. The number of carbonyl (C=O) groups excluding carboxylic acids is 1. The molecular weight excluding hydrogens is 423 g/mol. The molecule has 2 aromatic carbocycles. The van der Waals surface area contributed by atoms with E-state index >= 15 is 0 Å². The quantitative estimate of drug-likeness (QED) is 0.394. The molecule has 0 fully saturated rings. The topological polar surface area (TPSA) is 86.8 Å². The monoisotopic (exact) mass is 449 g/mol. The summed E-state index contributed by atoms with van der Waals surface area (Å²) in [5.74, 6) is -1.07. The van der Waals surface area contributed by atoms with Crippen LogP contribution in [0, 0.1) is 13.8 Å². The number of hydrogen-bond acceptors (Lipinski definition) is 4. The first-order valence-corrected chi connectivity index (χ1v) is 10.0. The SMILES string of the molecule is C/C(=N\NC(=O)CO)c1c(O)n(-c2cc(C)cc(C)c2)c2cc(C(F)(F)F)ccc12.CC. The number of nitrogens with zero attached hydrogens (tertiary/aromatic N) is 2. The summed E-state index contributed by atoms with van der Waals surface area (Å²) >= 11 is 0. The number of hydrazone groups is 1. The second-order valence-electron chi connectivity index (χ2n) is 7.00. The zero-order valence-electron chi connectivity index (χ0n) is 18.5. The van der Waals surface area contributed by atoms with Gasteiger partial charge in [0.05, 0.1) is 22.4 Å². The smallest absolute Gasteiger partial charge is 0.416 e. The first kappa shape index (κ1) is 24.9. The van der Waals surface area contributed by atoms with Crippen molar-refractivity contribution in [3.8, 4) is 11.6 Å². The normalized spacial score (nSPS) is 11.8. The first-order valence-electron chi connectivity index (χ1n) is 10.0. The van der Waals surface area contributed by atoms with Crippen LogP contribution in [0.25, 0.3) is 16.6 Å². The van der Waals surface area contributed by atoms with Crippen LogP contribution in [0.15, 0.2) is 41.5 Å². The number of halogens is 3. The van der Waals surface area contributed by atoms with Gasteiger partial charge in [0.25, 0.3) is 5.91 Å². The summed E-state index contributed by atoms with van der Waals surface area (Å²) < 4.78 is 41.3. The third-order valence-electron chi connectivity index (χ3n) is 4.59. The van der Waals surface area contributed by atoms with E-state index in [1.807, 2.05) is 33.8 Å². The van der Waals surface area contributed by atoms with Crippen molar-refractivity contribution >= 4 is 22.5 Å². The molecule has 3 N–H and O–H groups in total. The van der Waals surface area contributed by atoms with Gasteiger partial charge in [-0.15, -0.1) is 0 Å². The molecule has 9 heteroatoms. The molecule has 3 rings (SSSR count). The van der Waals surface area contributed by atoms with E-state index in [1.54, 1.807) is 12.1 Å². The van der Waals surface area contributed by atoms with Crippen LogP contribution < -0.4 is 5.43 Å². The van der Waals surface area contributed by atoms with E-state index in [9.17, 15) is 23.1 Å². The van der Waals surface area contributed by atoms with Gasteiger partial charge in [-0.2, -0.15) is 18.3 Å². The lowest BCUT2D eigenvalue weighted by molar-refractivity contribution is -0.137. The fourth-order valence-electron chi connectivity index (χ4n) is 3.39. The number of nitrogens with one attached hydrogen (secondary N) is 1. The van der Waals surface area contributed by atoms with Crippen molar-refractivity contribution < 1.29 is 28.2 Å². The summed E-state index contributed by atoms with van der Waals surface area (Å²) in [5, 5.41) is 24.0. The van der Waals surface area contributed by atoms with E-state index < -0.39 is 24.3 Å². The predicted molar refractivity (Wildman–Crippen MR) is 118 cm³/mol. The number of alkyl halides is 3. The number of aryl methyl sites for hydroxylation is 2. The Hall–Kier alpha value is -3.33. The van der Waals surface area contributed by atoms with Crippen LogP contribution in [-0.2, 0) is 11.0 Å². The largest absolute Gasteiger partial charge is 0.494 e. The van der Waals surface area contributed by atoms with Crippen LogP contribution >= 0.6 is 0 Å². The molecule has 1 heterocycles. The Morgan fingerprint density at radius 2 is 1.69 bits per heavy atom. The van der Waals surface area contributed by atoms with Gasteiger partial charge >= 0.3 is 6.18 Å². The number of aliphatic hydroxyl groups excluding tert-OH is 1. The van der Waals surface area contributed by atoms with E-state index in [-0.39, 0.29) is 22.7 Å². The lowest BCUT2D eigenvalue weighted by atomic mass is 10.1. The Labute approximate surface area is 184 Å². The molecule has 0 atom stereocenters. The third-order valence-corrected chi connectivity index (χ3v) is 4.59. The minimum absolute atomic E-state index is 0.144. The minimum Gasteiger partial charge on any atom is -0.494 e. The molecule has 32 heavy (non-hydrogen) atoms. The van der Waals surface area contributed by atoms with Gasteiger partial charge in [0.15, 0.2) is 0 Å². The first-order chi connectivity index (χ1) is 15.0. The highest BCUT2D eigenvalue weighted by Crippen LogP contribution is 2.39. The van der Waals surface area contributed by atoms with Gasteiger partial charge in [0.1, 0.15) is 6.61 Å². The lowest BCUT2D eigenvalue weighted by Gasteiger charge is -2.11. The zero-order chi connectivity index (χ0) is 24.2. The van der Waals surface area contributed by atoms with Gasteiger partial charge < -0.3 is 10.2 Å². The van der Waals surface area contributed by atoms with Crippen LogP contribution in [-0.4, -0.2) is 33.0 Å². The van der Waals surface area contributed by atoms with Crippen LogP contribution in [0.1, 0.15) is 43.0 Å². The van der Waals surface area contributed by atoms with Crippen molar-refractivity contribution in [2.75, 3.05) is 6.61 Å². The van der Waals surface area contributed by atoms with Gasteiger partial charge in [-0.3, -0.25) is 9.36 Å². The van der Waals surface area contributed by atoms with Crippen molar-refractivity contribution in [3.05, 3.63) is 58.7 Å². The van der Waals surface area contributed by atoms with Crippen LogP contribution in [0.2, 0.25) is 0 Å². The average molecular weight is 449 g/mol. The third kappa shape index (κ3) is 5.11. The predicted octanol–water partition coefficient (Wildman–Crippen LogP) is 4.83. The van der Waals surface area contributed by atoms with E-state index in [4.69, 9.17) is 5.11 Å². The molecule has 3 aromatic rings. The summed E-state index contributed by atoms with van der Waals surface area (Å²) in [5.41, 5.74) is 4.00. The Morgan fingerprint density at radius 1 is 1.09 bits per heavy atom. The van der Waals surface area contributed by atoms with Crippen LogP contribution in [0.5, 0.6) is 5.88 Å². The summed E-state index contributed by atoms with van der Waals surface area (Å²) in [6.45, 7) is 8.41. The second-order valence-corrected chi connectivity index (χ2v) is 7.00. The van der Waals surface area contributed by atoms with Gasteiger partial charge in [0, 0.05) is 11.1 Å².